The van der Waals surface area contributed by atoms with Gasteiger partial charge in [-0.2, -0.15) is 5.26 Å². The van der Waals surface area contributed by atoms with E-state index in [9.17, 15) is 0 Å². The van der Waals surface area contributed by atoms with Crippen molar-refractivity contribution < 1.29 is 9.47 Å². The Morgan fingerprint density at radius 2 is 2.11 bits per heavy atom. The summed E-state index contributed by atoms with van der Waals surface area (Å²) in [6, 6.07) is 7.69. The lowest BCUT2D eigenvalue weighted by Gasteiger charge is -2.28. The lowest BCUT2D eigenvalue weighted by Crippen LogP contribution is -2.29. The van der Waals surface area contributed by atoms with Crippen molar-refractivity contribution in [2.75, 3.05) is 7.11 Å². The Morgan fingerprint density at radius 1 is 1.33 bits per heavy atom. The number of nitriles is 1. The van der Waals surface area contributed by atoms with Crippen LogP contribution >= 0.6 is 15.9 Å². The van der Waals surface area contributed by atoms with Gasteiger partial charge in [-0.15, -0.1) is 0 Å². The molecule has 0 amide bonds. The number of nitrogens with zero attached hydrogens (tertiary/aromatic N) is 1. The highest BCUT2D eigenvalue weighted by Crippen LogP contribution is 2.28. The van der Waals surface area contributed by atoms with E-state index in [1.807, 2.05) is 12.1 Å². The molecule has 4 heteroatoms. The lowest BCUT2D eigenvalue weighted by molar-refractivity contribution is 0.0209. The molecule has 0 radical (unpaired) electrons. The van der Waals surface area contributed by atoms with Gasteiger partial charge in [0.05, 0.1) is 11.7 Å². The topological polar surface area (TPSA) is 42.2 Å². The van der Waals surface area contributed by atoms with Crippen LogP contribution in [0.2, 0.25) is 0 Å². The summed E-state index contributed by atoms with van der Waals surface area (Å²) in [5.74, 6) is 0.669. The highest BCUT2D eigenvalue weighted by molar-refractivity contribution is 9.10. The van der Waals surface area contributed by atoms with Crippen LogP contribution in [0.1, 0.15) is 31.2 Å². The summed E-state index contributed by atoms with van der Waals surface area (Å²) >= 11 is 3.36. The second kappa shape index (κ2) is 6.21. The third-order valence-electron chi connectivity index (χ3n) is 3.27. The van der Waals surface area contributed by atoms with Gasteiger partial charge in [-0.05, 0) is 37.5 Å². The molecule has 0 N–H and O–H groups in total. The number of hydrogen-bond acceptors (Lipinski definition) is 3. The van der Waals surface area contributed by atoms with Gasteiger partial charge in [-0.25, -0.2) is 0 Å². The second-order valence-electron chi connectivity index (χ2n) is 4.52. The maximum atomic E-state index is 9.09. The van der Waals surface area contributed by atoms with Gasteiger partial charge in [-0.3, -0.25) is 0 Å². The summed E-state index contributed by atoms with van der Waals surface area (Å²) < 4.78 is 12.2. The minimum Gasteiger partial charge on any atom is -0.489 e. The number of hydrogen-bond donors (Lipinski definition) is 0. The van der Waals surface area contributed by atoms with Gasteiger partial charge < -0.3 is 9.47 Å². The molecular formula is C14H16BrNO2. The number of halogens is 1. The predicted molar refractivity (Wildman–Crippen MR) is 72.5 cm³/mol. The second-order valence-corrected chi connectivity index (χ2v) is 5.43. The fourth-order valence-electron chi connectivity index (χ4n) is 2.30. The SMILES string of the molecule is COC1CCCC(Oc2ccc(Br)cc2C#N)C1. The van der Waals surface area contributed by atoms with Gasteiger partial charge in [0.25, 0.3) is 0 Å². The quantitative estimate of drug-likeness (QED) is 0.855. The molecule has 2 rings (SSSR count). The van der Waals surface area contributed by atoms with Crippen LogP contribution in [0.3, 0.4) is 0 Å². The average molecular weight is 310 g/mol. The van der Waals surface area contributed by atoms with Crippen LogP contribution in [0.5, 0.6) is 5.75 Å². The fraction of sp³-hybridized carbons (Fsp3) is 0.500. The number of rotatable bonds is 3. The summed E-state index contributed by atoms with van der Waals surface area (Å²) in [5.41, 5.74) is 0.573. The molecule has 0 bridgehead atoms. The molecule has 0 saturated heterocycles. The fourth-order valence-corrected chi connectivity index (χ4v) is 2.66. The molecule has 96 valence electrons. The molecule has 1 aliphatic carbocycles. The van der Waals surface area contributed by atoms with Crippen LogP contribution in [-0.2, 0) is 4.74 Å². The van der Waals surface area contributed by atoms with Crippen molar-refractivity contribution in [2.24, 2.45) is 0 Å². The molecule has 18 heavy (non-hydrogen) atoms. The van der Waals surface area contributed by atoms with Crippen LogP contribution in [0.15, 0.2) is 22.7 Å². The highest BCUT2D eigenvalue weighted by Gasteiger charge is 2.23. The van der Waals surface area contributed by atoms with Gasteiger partial charge >= 0.3 is 0 Å². The minimum atomic E-state index is 0.150. The van der Waals surface area contributed by atoms with E-state index >= 15 is 0 Å². The molecule has 2 atom stereocenters. The molecule has 1 aromatic carbocycles. The molecule has 1 aromatic rings. The van der Waals surface area contributed by atoms with E-state index in [4.69, 9.17) is 14.7 Å². The molecule has 0 aliphatic heterocycles. The Labute approximate surface area is 116 Å². The lowest BCUT2D eigenvalue weighted by atomic mass is 9.95. The van der Waals surface area contributed by atoms with Crippen molar-refractivity contribution in [3.05, 3.63) is 28.2 Å². The zero-order valence-corrected chi connectivity index (χ0v) is 11.9. The zero-order valence-electron chi connectivity index (χ0n) is 10.4. The summed E-state index contributed by atoms with van der Waals surface area (Å²) in [4.78, 5) is 0. The first kappa shape index (κ1) is 13.4. The molecule has 0 heterocycles. The van der Waals surface area contributed by atoms with Crippen molar-refractivity contribution >= 4 is 15.9 Å². The predicted octanol–water partition coefficient (Wildman–Crippen LogP) is 3.66. The summed E-state index contributed by atoms with van der Waals surface area (Å²) in [5, 5.41) is 9.09. The van der Waals surface area contributed by atoms with Crippen molar-refractivity contribution in [3.8, 4) is 11.8 Å². The molecule has 3 nitrogen and oxygen atoms in total. The summed E-state index contributed by atoms with van der Waals surface area (Å²) in [6.07, 6.45) is 4.57. The monoisotopic (exact) mass is 309 g/mol. The van der Waals surface area contributed by atoms with E-state index in [0.717, 1.165) is 30.2 Å². The highest BCUT2D eigenvalue weighted by atomic mass is 79.9. The Balaban J connectivity index is 2.07. The number of methoxy groups -OCH3 is 1. The Kier molecular flexibility index (Phi) is 4.62. The van der Waals surface area contributed by atoms with Gasteiger partial charge in [0.2, 0.25) is 0 Å². The normalized spacial score (nSPS) is 23.4. The van der Waals surface area contributed by atoms with Crippen LogP contribution in [-0.4, -0.2) is 19.3 Å². The van der Waals surface area contributed by atoms with Gasteiger partial charge in [0.15, 0.2) is 0 Å². The minimum absolute atomic E-state index is 0.150. The maximum absolute atomic E-state index is 9.09. The number of ether oxygens (including phenoxy) is 2. The van der Waals surface area contributed by atoms with Crippen molar-refractivity contribution in [2.45, 2.75) is 37.9 Å². The molecule has 2 unspecified atom stereocenters. The standard InChI is InChI=1S/C14H16BrNO2/c1-17-12-3-2-4-13(8-12)18-14-6-5-11(15)7-10(14)9-16/h5-7,12-13H,2-4,8H2,1H3. The Morgan fingerprint density at radius 3 is 2.83 bits per heavy atom. The van der Waals surface area contributed by atoms with Crippen molar-refractivity contribution in [3.63, 3.8) is 0 Å². The van der Waals surface area contributed by atoms with E-state index < -0.39 is 0 Å². The van der Waals surface area contributed by atoms with E-state index in [1.54, 1.807) is 13.2 Å². The number of benzene rings is 1. The van der Waals surface area contributed by atoms with Crippen LogP contribution in [0.25, 0.3) is 0 Å². The Bertz CT molecular complexity index is 456. The third kappa shape index (κ3) is 3.24. The van der Waals surface area contributed by atoms with Crippen molar-refractivity contribution in [1.82, 2.24) is 0 Å². The van der Waals surface area contributed by atoms with E-state index in [1.165, 1.54) is 0 Å². The van der Waals surface area contributed by atoms with Crippen LogP contribution in [0.4, 0.5) is 0 Å². The van der Waals surface area contributed by atoms with Crippen LogP contribution < -0.4 is 4.74 Å². The molecular weight excluding hydrogens is 294 g/mol. The first-order valence-electron chi connectivity index (χ1n) is 6.12. The van der Waals surface area contributed by atoms with Crippen LogP contribution in [0, 0.1) is 11.3 Å². The third-order valence-corrected chi connectivity index (χ3v) is 3.76. The van der Waals surface area contributed by atoms with Gasteiger partial charge in [0.1, 0.15) is 17.9 Å². The van der Waals surface area contributed by atoms with E-state index in [-0.39, 0.29) is 12.2 Å². The Hall–Kier alpha value is -1.05. The first-order chi connectivity index (χ1) is 8.72. The molecule has 1 saturated carbocycles. The average Bonchev–Trinajstić information content (AvgIpc) is 2.41. The largest absolute Gasteiger partial charge is 0.489 e. The first-order valence-corrected chi connectivity index (χ1v) is 6.91. The summed E-state index contributed by atoms with van der Waals surface area (Å²) in [6.45, 7) is 0. The zero-order chi connectivity index (χ0) is 13.0. The smallest absolute Gasteiger partial charge is 0.137 e. The van der Waals surface area contributed by atoms with E-state index in [2.05, 4.69) is 22.0 Å². The molecule has 1 fully saturated rings. The molecule has 0 aromatic heterocycles. The summed E-state index contributed by atoms with van der Waals surface area (Å²) in [7, 11) is 1.74. The van der Waals surface area contributed by atoms with Crippen molar-refractivity contribution in [1.29, 1.82) is 5.26 Å². The van der Waals surface area contributed by atoms with Gasteiger partial charge in [-0.1, -0.05) is 15.9 Å². The van der Waals surface area contributed by atoms with Gasteiger partial charge in [0, 0.05) is 18.0 Å². The molecule has 0 spiro atoms. The maximum Gasteiger partial charge on any atom is 0.137 e. The molecule has 1 aliphatic rings. The van der Waals surface area contributed by atoms with E-state index in [0.29, 0.717) is 11.3 Å².